The molecule has 19 atom stereocenters. The number of carbonyl (C=O) groups is 2. The largest absolute Gasteiger partial charge is 0.456 e. The molecular formula is C39H70O14. The van der Waals surface area contributed by atoms with Gasteiger partial charge in [-0.3, -0.25) is 9.59 Å². The van der Waals surface area contributed by atoms with Crippen LogP contribution in [0.15, 0.2) is 0 Å². The van der Waals surface area contributed by atoms with Gasteiger partial charge in [-0.05, 0) is 73.1 Å². The van der Waals surface area contributed by atoms with Crippen molar-refractivity contribution in [3.8, 4) is 0 Å². The molecule has 0 saturated carbocycles. The lowest BCUT2D eigenvalue weighted by atomic mass is 9.73. The van der Waals surface area contributed by atoms with E-state index in [2.05, 4.69) is 0 Å². The number of hydrogen-bond donors (Lipinski definition) is 5. The minimum absolute atomic E-state index is 0.0683. The molecule has 3 saturated heterocycles. The van der Waals surface area contributed by atoms with Gasteiger partial charge in [-0.15, -0.1) is 0 Å². The fourth-order valence-electron chi connectivity index (χ4n) is 8.85. The molecule has 14 nitrogen and oxygen atoms in total. The van der Waals surface area contributed by atoms with Crippen LogP contribution in [0.25, 0.3) is 0 Å². The summed E-state index contributed by atoms with van der Waals surface area (Å²) in [5.41, 5.74) is -4.58. The Bertz CT molecular complexity index is 1210. The zero-order valence-corrected chi connectivity index (χ0v) is 34.3. The zero-order valence-electron chi connectivity index (χ0n) is 34.3. The Morgan fingerprint density at radius 3 is 1.92 bits per heavy atom. The Morgan fingerprint density at radius 2 is 1.40 bits per heavy atom. The molecule has 3 aliphatic rings. The highest BCUT2D eigenvalue weighted by molar-refractivity contribution is 5.83. The van der Waals surface area contributed by atoms with Crippen LogP contribution in [0.3, 0.4) is 0 Å². The van der Waals surface area contributed by atoms with Crippen LogP contribution in [0.1, 0.15) is 102 Å². The Balaban J connectivity index is 2.24. The van der Waals surface area contributed by atoms with Crippen molar-refractivity contribution in [1.82, 2.24) is 0 Å². The van der Waals surface area contributed by atoms with Crippen molar-refractivity contribution >= 4 is 11.8 Å². The monoisotopic (exact) mass is 762 g/mol. The minimum atomic E-state index is -2.24. The van der Waals surface area contributed by atoms with E-state index < -0.39 is 114 Å². The van der Waals surface area contributed by atoms with E-state index >= 15 is 0 Å². The average molecular weight is 763 g/mol. The van der Waals surface area contributed by atoms with E-state index in [0.717, 1.165) is 0 Å². The summed E-state index contributed by atoms with van der Waals surface area (Å²) in [5, 5.41) is 56.4. The van der Waals surface area contributed by atoms with Crippen molar-refractivity contribution in [3.63, 3.8) is 0 Å². The van der Waals surface area contributed by atoms with E-state index in [0.29, 0.717) is 6.42 Å². The number of rotatable bonds is 8. The summed E-state index contributed by atoms with van der Waals surface area (Å²) in [6.07, 6.45) is -11.2. The summed E-state index contributed by atoms with van der Waals surface area (Å²) < 4.78 is 43.7. The number of aliphatic hydroxyl groups excluding tert-OH is 4. The smallest absolute Gasteiger partial charge is 0.311 e. The van der Waals surface area contributed by atoms with Gasteiger partial charge in [0.05, 0.1) is 53.7 Å². The van der Waals surface area contributed by atoms with Gasteiger partial charge in [-0.25, -0.2) is 0 Å². The summed E-state index contributed by atoms with van der Waals surface area (Å²) in [5.74, 6) is -5.08. The lowest BCUT2D eigenvalue weighted by Crippen LogP contribution is -2.61. The van der Waals surface area contributed by atoms with Gasteiger partial charge in [-0.1, -0.05) is 34.6 Å². The molecule has 0 aliphatic carbocycles. The summed E-state index contributed by atoms with van der Waals surface area (Å²) >= 11 is 0. The maximum Gasteiger partial charge on any atom is 0.311 e. The molecule has 14 heteroatoms. The zero-order chi connectivity index (χ0) is 40.5. The van der Waals surface area contributed by atoms with E-state index in [1.165, 1.54) is 35.0 Å². The maximum atomic E-state index is 14.2. The number of Topliss-reactive ketones (excluding diaryl/α,β-unsaturated/α-hetero) is 1. The van der Waals surface area contributed by atoms with Crippen LogP contribution in [0.5, 0.6) is 0 Å². The van der Waals surface area contributed by atoms with E-state index in [9.17, 15) is 35.1 Å². The lowest BCUT2D eigenvalue weighted by molar-refractivity contribution is -0.321. The van der Waals surface area contributed by atoms with Gasteiger partial charge in [0.25, 0.3) is 0 Å². The number of cyclic esters (lactones) is 1. The van der Waals surface area contributed by atoms with E-state index in [4.69, 9.17) is 33.2 Å². The first-order valence-electron chi connectivity index (χ1n) is 19.3. The lowest BCUT2D eigenvalue weighted by Gasteiger charge is -2.49. The van der Waals surface area contributed by atoms with Crippen LogP contribution in [0.2, 0.25) is 0 Å². The third kappa shape index (κ3) is 9.81. The van der Waals surface area contributed by atoms with Crippen LogP contribution >= 0.6 is 0 Å². The first-order valence-corrected chi connectivity index (χ1v) is 19.3. The Kier molecular flexibility index (Phi) is 15.5. The molecule has 3 heterocycles. The highest BCUT2D eigenvalue weighted by Gasteiger charge is 2.54. The van der Waals surface area contributed by atoms with Crippen LogP contribution in [0, 0.1) is 35.5 Å². The number of ether oxygens (including phenoxy) is 7. The average Bonchev–Trinajstić information content (AvgIpc) is 3.09. The fraction of sp³-hybridized carbons (Fsp3) is 0.949. The Labute approximate surface area is 316 Å². The molecule has 310 valence electrons. The highest BCUT2D eigenvalue weighted by Crippen LogP contribution is 2.42. The summed E-state index contributed by atoms with van der Waals surface area (Å²) in [4.78, 5) is 28.2. The fourth-order valence-corrected chi connectivity index (χ4v) is 8.85. The molecule has 0 radical (unpaired) electrons. The van der Waals surface area contributed by atoms with E-state index in [1.807, 2.05) is 20.8 Å². The second kappa shape index (κ2) is 17.9. The summed E-state index contributed by atoms with van der Waals surface area (Å²) in [6, 6.07) is 0. The molecule has 19 unspecified atom stereocenters. The molecule has 5 N–H and O–H groups in total. The second-order valence-corrected chi connectivity index (χ2v) is 17.3. The third-order valence-electron chi connectivity index (χ3n) is 12.5. The van der Waals surface area contributed by atoms with Crippen molar-refractivity contribution in [1.29, 1.82) is 0 Å². The quantitative estimate of drug-likeness (QED) is 0.226. The molecule has 3 aliphatic heterocycles. The van der Waals surface area contributed by atoms with Crippen molar-refractivity contribution in [2.24, 2.45) is 35.5 Å². The number of ketones is 1. The van der Waals surface area contributed by atoms with Crippen molar-refractivity contribution < 1.29 is 68.3 Å². The molecule has 0 amide bonds. The first kappa shape index (κ1) is 46.1. The predicted molar refractivity (Wildman–Crippen MR) is 193 cm³/mol. The van der Waals surface area contributed by atoms with Crippen LogP contribution in [0.4, 0.5) is 0 Å². The summed E-state index contributed by atoms with van der Waals surface area (Å²) in [6.45, 7) is 20.3. The van der Waals surface area contributed by atoms with Gasteiger partial charge in [0.15, 0.2) is 18.7 Å². The number of methoxy groups -OCH3 is 2. The molecule has 0 aromatic rings. The Hall–Kier alpha value is -1.30. The molecular weight excluding hydrogens is 692 g/mol. The van der Waals surface area contributed by atoms with Gasteiger partial charge in [0.1, 0.15) is 23.6 Å². The predicted octanol–water partition coefficient (Wildman–Crippen LogP) is 2.75. The van der Waals surface area contributed by atoms with Crippen molar-refractivity contribution in [2.75, 3.05) is 14.2 Å². The van der Waals surface area contributed by atoms with Crippen LogP contribution in [-0.4, -0.2) is 136 Å². The highest BCUT2D eigenvalue weighted by atomic mass is 16.7. The Morgan fingerprint density at radius 1 is 0.811 bits per heavy atom. The van der Waals surface area contributed by atoms with Gasteiger partial charge >= 0.3 is 5.97 Å². The van der Waals surface area contributed by atoms with Crippen LogP contribution in [-0.2, 0) is 42.7 Å². The van der Waals surface area contributed by atoms with Gasteiger partial charge in [-0.2, -0.15) is 0 Å². The molecule has 3 rings (SSSR count). The number of esters is 1. The molecule has 0 bridgehead atoms. The van der Waals surface area contributed by atoms with Gasteiger partial charge in [0, 0.05) is 38.4 Å². The minimum Gasteiger partial charge on any atom is -0.456 e. The van der Waals surface area contributed by atoms with Crippen molar-refractivity contribution in [2.45, 2.75) is 187 Å². The van der Waals surface area contributed by atoms with Gasteiger partial charge in [0.2, 0.25) is 0 Å². The normalized spacial score (nSPS) is 48.9. The van der Waals surface area contributed by atoms with E-state index in [1.54, 1.807) is 41.5 Å². The summed E-state index contributed by atoms with van der Waals surface area (Å²) in [7, 11) is 2.97. The third-order valence-corrected chi connectivity index (χ3v) is 12.5. The molecule has 53 heavy (non-hydrogen) atoms. The van der Waals surface area contributed by atoms with Crippen molar-refractivity contribution in [3.05, 3.63) is 0 Å². The number of carbonyl (C=O) groups excluding carboxylic acids is 2. The maximum absolute atomic E-state index is 14.2. The topological polar surface area (TPSA) is 200 Å². The first-order chi connectivity index (χ1) is 24.4. The SMILES string of the molecule is COC1(C)CC(OC2C(C)C(=O)OC(C(C)O)C(C)(O)C(O)C(C)C(=O)C(C)CC(C)(OC)C(OC3OC(C)CC(C(C)C)C3O)C2C)OC(C)C1O. The molecule has 3 fully saturated rings. The number of hydrogen-bond acceptors (Lipinski definition) is 14. The van der Waals surface area contributed by atoms with Gasteiger partial charge < -0.3 is 58.7 Å². The second-order valence-electron chi connectivity index (χ2n) is 17.3. The van der Waals surface area contributed by atoms with E-state index in [-0.39, 0.29) is 30.8 Å². The van der Waals surface area contributed by atoms with Crippen LogP contribution < -0.4 is 0 Å². The molecule has 0 aromatic heterocycles. The molecule has 0 spiro atoms. The molecule has 0 aromatic carbocycles. The standard InChI is InChI=1S/C39H70O14/c1-18(2)26-15-20(4)49-36(29(26)42)53-33-22(6)30(51-27-17-37(10,47-13)32(44)25(9)50-27)23(7)35(45)52-34(24(8)40)39(12,46)31(43)21(5)28(41)19(3)16-38(33,11)48-14/h18-27,29-34,36,40,42-44,46H,15-17H2,1-14H3. The number of aliphatic hydroxyl groups is 5.